The Morgan fingerprint density at radius 1 is 1.27 bits per heavy atom. The van der Waals surface area contributed by atoms with E-state index in [1.807, 2.05) is 6.92 Å². The van der Waals surface area contributed by atoms with Gasteiger partial charge in [-0.1, -0.05) is 0 Å². The lowest BCUT2D eigenvalue weighted by Gasteiger charge is -2.32. The zero-order chi connectivity index (χ0) is 18.5. The van der Waals surface area contributed by atoms with Crippen LogP contribution in [0.1, 0.15) is 40.6 Å². The minimum atomic E-state index is -0.367. The van der Waals surface area contributed by atoms with Crippen molar-refractivity contribution in [3.63, 3.8) is 0 Å². The maximum Gasteiger partial charge on any atom is 0.274 e. The van der Waals surface area contributed by atoms with E-state index < -0.39 is 0 Å². The summed E-state index contributed by atoms with van der Waals surface area (Å²) in [6.45, 7) is 4.50. The van der Waals surface area contributed by atoms with Crippen LogP contribution in [0.4, 0.5) is 4.39 Å². The van der Waals surface area contributed by atoms with Crippen LogP contribution in [0.3, 0.4) is 0 Å². The molecule has 0 bridgehead atoms. The SMILES string of the molecule is CCn1ccc(C(=O)N2CCC[C@@H](CNC(=O)c3ccc(F)cc3)C2)n1. The predicted octanol–water partition coefficient (Wildman–Crippen LogP) is 2.32. The van der Waals surface area contributed by atoms with E-state index in [9.17, 15) is 14.0 Å². The van der Waals surface area contributed by atoms with Gasteiger partial charge in [0.25, 0.3) is 11.8 Å². The molecule has 0 saturated carbocycles. The topological polar surface area (TPSA) is 67.2 Å². The average molecular weight is 358 g/mol. The van der Waals surface area contributed by atoms with Gasteiger partial charge in [0.1, 0.15) is 11.5 Å². The van der Waals surface area contributed by atoms with E-state index in [0.717, 1.165) is 19.4 Å². The molecule has 3 rings (SSSR count). The summed E-state index contributed by atoms with van der Waals surface area (Å²) in [6, 6.07) is 7.21. The minimum absolute atomic E-state index is 0.0632. The van der Waals surface area contributed by atoms with Crippen LogP contribution in [0.5, 0.6) is 0 Å². The highest BCUT2D eigenvalue weighted by atomic mass is 19.1. The molecule has 2 aromatic rings. The van der Waals surface area contributed by atoms with Gasteiger partial charge in [0.2, 0.25) is 0 Å². The van der Waals surface area contributed by atoms with Gasteiger partial charge in [0.15, 0.2) is 0 Å². The zero-order valence-corrected chi connectivity index (χ0v) is 14.8. The summed E-state index contributed by atoms with van der Waals surface area (Å²) in [7, 11) is 0. The zero-order valence-electron chi connectivity index (χ0n) is 14.8. The Bertz CT molecular complexity index is 772. The molecular formula is C19H23FN4O2. The molecule has 2 amide bonds. The van der Waals surface area contributed by atoms with Crippen molar-refractivity contribution in [3.8, 4) is 0 Å². The quantitative estimate of drug-likeness (QED) is 0.892. The lowest BCUT2D eigenvalue weighted by molar-refractivity contribution is 0.0664. The normalized spacial score (nSPS) is 17.2. The standard InChI is InChI=1S/C19H23FN4O2/c1-2-24-11-9-17(22-24)19(26)23-10-3-4-14(13-23)12-21-18(25)15-5-7-16(20)8-6-15/h5-9,11,14H,2-4,10,12-13H2,1H3,(H,21,25)/t14-/m0/s1. The fraction of sp³-hybridized carbons (Fsp3) is 0.421. The molecule has 6 nitrogen and oxygen atoms in total. The minimum Gasteiger partial charge on any atom is -0.352 e. The van der Waals surface area contributed by atoms with Crippen molar-refractivity contribution in [1.29, 1.82) is 0 Å². The number of nitrogens with zero attached hydrogens (tertiary/aromatic N) is 3. The van der Waals surface area contributed by atoms with Crippen LogP contribution >= 0.6 is 0 Å². The van der Waals surface area contributed by atoms with Gasteiger partial charge in [-0.05, 0) is 56.0 Å². The third kappa shape index (κ3) is 4.28. The fourth-order valence-corrected chi connectivity index (χ4v) is 3.17. The summed E-state index contributed by atoms with van der Waals surface area (Å²) in [5.41, 5.74) is 0.892. The van der Waals surface area contributed by atoms with Crippen LogP contribution < -0.4 is 5.32 Å². The third-order valence-corrected chi connectivity index (χ3v) is 4.65. The number of hydrogen-bond acceptors (Lipinski definition) is 3. The van der Waals surface area contributed by atoms with E-state index in [1.165, 1.54) is 24.3 Å². The molecule has 1 aromatic carbocycles. The van der Waals surface area contributed by atoms with E-state index in [1.54, 1.807) is 21.8 Å². The molecule has 1 N–H and O–H groups in total. The van der Waals surface area contributed by atoms with Crippen LogP contribution in [-0.4, -0.2) is 46.1 Å². The number of carbonyl (C=O) groups excluding carboxylic acids is 2. The van der Waals surface area contributed by atoms with Gasteiger partial charge in [0.05, 0.1) is 0 Å². The third-order valence-electron chi connectivity index (χ3n) is 4.65. The van der Waals surface area contributed by atoms with Gasteiger partial charge < -0.3 is 10.2 Å². The molecule has 138 valence electrons. The molecule has 0 aliphatic carbocycles. The maximum absolute atomic E-state index is 12.9. The number of rotatable bonds is 5. The molecule has 0 radical (unpaired) electrons. The second-order valence-corrected chi connectivity index (χ2v) is 6.53. The molecule has 2 heterocycles. The smallest absolute Gasteiger partial charge is 0.274 e. The molecule has 26 heavy (non-hydrogen) atoms. The predicted molar refractivity (Wildman–Crippen MR) is 95.3 cm³/mol. The number of amides is 2. The van der Waals surface area contributed by atoms with Gasteiger partial charge in [-0.25, -0.2) is 4.39 Å². The summed E-state index contributed by atoms with van der Waals surface area (Å²) in [6.07, 6.45) is 3.66. The van der Waals surface area contributed by atoms with Crippen molar-refractivity contribution in [1.82, 2.24) is 20.0 Å². The van der Waals surface area contributed by atoms with E-state index in [4.69, 9.17) is 0 Å². The number of hydrogen-bond donors (Lipinski definition) is 1. The second-order valence-electron chi connectivity index (χ2n) is 6.53. The van der Waals surface area contributed by atoms with Crippen LogP contribution in [0.15, 0.2) is 36.5 Å². The van der Waals surface area contributed by atoms with E-state index in [-0.39, 0.29) is 23.5 Å². The number of likely N-dealkylation sites (tertiary alicyclic amines) is 1. The van der Waals surface area contributed by atoms with Crippen molar-refractivity contribution in [2.24, 2.45) is 5.92 Å². The van der Waals surface area contributed by atoms with Gasteiger partial charge in [-0.2, -0.15) is 5.10 Å². The molecule has 7 heteroatoms. The second kappa shape index (κ2) is 8.12. The van der Waals surface area contributed by atoms with Gasteiger partial charge in [-0.3, -0.25) is 14.3 Å². The number of nitrogens with one attached hydrogen (secondary N) is 1. The van der Waals surface area contributed by atoms with Crippen LogP contribution in [0, 0.1) is 11.7 Å². The first-order chi connectivity index (χ1) is 12.6. The molecule has 1 atom stereocenters. The molecular weight excluding hydrogens is 335 g/mol. The highest BCUT2D eigenvalue weighted by Gasteiger charge is 2.26. The first-order valence-electron chi connectivity index (χ1n) is 8.93. The highest BCUT2D eigenvalue weighted by Crippen LogP contribution is 2.18. The Balaban J connectivity index is 1.54. The molecule has 1 aromatic heterocycles. The number of aromatic nitrogens is 2. The molecule has 1 fully saturated rings. The number of benzene rings is 1. The summed E-state index contributed by atoms with van der Waals surface area (Å²) >= 11 is 0. The largest absolute Gasteiger partial charge is 0.352 e. The summed E-state index contributed by atoms with van der Waals surface area (Å²) in [5.74, 6) is -0.458. The highest BCUT2D eigenvalue weighted by molar-refractivity contribution is 5.94. The first-order valence-corrected chi connectivity index (χ1v) is 8.93. The Morgan fingerprint density at radius 2 is 2.04 bits per heavy atom. The van der Waals surface area contributed by atoms with E-state index in [2.05, 4.69) is 10.4 Å². The summed E-state index contributed by atoms with van der Waals surface area (Å²) in [5, 5.41) is 7.16. The molecule has 1 saturated heterocycles. The maximum atomic E-state index is 12.9. The molecule has 0 spiro atoms. The lowest BCUT2D eigenvalue weighted by atomic mass is 9.97. The Labute approximate surface area is 152 Å². The summed E-state index contributed by atoms with van der Waals surface area (Å²) in [4.78, 5) is 26.5. The van der Waals surface area contributed by atoms with Gasteiger partial charge >= 0.3 is 0 Å². The van der Waals surface area contributed by atoms with E-state index >= 15 is 0 Å². The summed E-state index contributed by atoms with van der Waals surface area (Å²) < 4.78 is 14.7. The van der Waals surface area contributed by atoms with Crippen molar-refractivity contribution >= 4 is 11.8 Å². The van der Waals surface area contributed by atoms with Crippen molar-refractivity contribution in [2.75, 3.05) is 19.6 Å². The lowest BCUT2D eigenvalue weighted by Crippen LogP contribution is -2.43. The number of piperidine rings is 1. The number of halogens is 1. The molecule has 1 aliphatic heterocycles. The fourth-order valence-electron chi connectivity index (χ4n) is 3.17. The first kappa shape index (κ1) is 18.1. The monoisotopic (exact) mass is 358 g/mol. The van der Waals surface area contributed by atoms with Crippen molar-refractivity contribution in [2.45, 2.75) is 26.3 Å². The van der Waals surface area contributed by atoms with Crippen molar-refractivity contribution < 1.29 is 14.0 Å². The Hall–Kier alpha value is -2.70. The molecule has 1 aliphatic rings. The average Bonchev–Trinajstić information content (AvgIpc) is 3.15. The van der Waals surface area contributed by atoms with Crippen LogP contribution in [0.2, 0.25) is 0 Å². The number of carbonyl (C=O) groups is 2. The van der Waals surface area contributed by atoms with Gasteiger partial charge in [0, 0.05) is 37.9 Å². The Morgan fingerprint density at radius 3 is 2.73 bits per heavy atom. The molecule has 0 unspecified atom stereocenters. The number of aryl methyl sites for hydroxylation is 1. The van der Waals surface area contributed by atoms with Gasteiger partial charge in [-0.15, -0.1) is 0 Å². The van der Waals surface area contributed by atoms with Crippen LogP contribution in [-0.2, 0) is 6.54 Å². The van der Waals surface area contributed by atoms with Crippen molar-refractivity contribution in [3.05, 3.63) is 53.6 Å². The van der Waals surface area contributed by atoms with E-state index in [0.29, 0.717) is 30.9 Å². The van der Waals surface area contributed by atoms with Crippen LogP contribution in [0.25, 0.3) is 0 Å². The Kier molecular flexibility index (Phi) is 5.65.